The Labute approximate surface area is 84.8 Å². The summed E-state index contributed by atoms with van der Waals surface area (Å²) in [5.41, 5.74) is 0.109. The highest BCUT2D eigenvalue weighted by Gasteiger charge is 2.10. The molecule has 1 aromatic rings. The van der Waals surface area contributed by atoms with E-state index in [1.54, 1.807) is 0 Å². The molecule has 0 saturated heterocycles. The van der Waals surface area contributed by atoms with Crippen LogP contribution in [0.25, 0.3) is 0 Å². The molecule has 4 nitrogen and oxygen atoms in total. The van der Waals surface area contributed by atoms with Gasteiger partial charge >= 0.3 is 5.97 Å². The highest BCUT2D eigenvalue weighted by atomic mass is 35.5. The van der Waals surface area contributed by atoms with Crippen molar-refractivity contribution in [3.63, 3.8) is 0 Å². The molecule has 0 aromatic carbocycles. The first-order valence-corrected chi connectivity index (χ1v) is 4.26. The summed E-state index contributed by atoms with van der Waals surface area (Å²) in [6, 6.07) is 1.32. The van der Waals surface area contributed by atoms with Gasteiger partial charge in [0.15, 0.2) is 5.69 Å². The summed E-state index contributed by atoms with van der Waals surface area (Å²) in [6.45, 7) is 0. The number of alkyl halides is 1. The summed E-state index contributed by atoms with van der Waals surface area (Å²) >= 11 is 11.1. The minimum Gasteiger partial charge on any atom is -0.464 e. The maximum absolute atomic E-state index is 11.0. The van der Waals surface area contributed by atoms with Crippen LogP contribution in [0.1, 0.15) is 16.3 Å². The zero-order chi connectivity index (χ0) is 9.84. The zero-order valence-corrected chi connectivity index (χ0v) is 8.26. The van der Waals surface area contributed by atoms with Gasteiger partial charge in [0.1, 0.15) is 11.0 Å². The minimum absolute atomic E-state index is 0.102. The van der Waals surface area contributed by atoms with Crippen LogP contribution in [0.4, 0.5) is 0 Å². The number of methoxy groups -OCH3 is 1. The predicted molar refractivity (Wildman–Crippen MR) is 47.9 cm³/mol. The number of hydrogen-bond donors (Lipinski definition) is 0. The van der Waals surface area contributed by atoms with Gasteiger partial charge < -0.3 is 4.74 Å². The lowest BCUT2D eigenvalue weighted by Gasteiger charge is -2.00. The van der Waals surface area contributed by atoms with Crippen molar-refractivity contribution in [1.82, 2.24) is 9.97 Å². The first kappa shape index (κ1) is 10.2. The molecule has 0 saturated carbocycles. The maximum atomic E-state index is 11.0. The molecule has 0 aliphatic heterocycles. The summed E-state index contributed by atoms with van der Waals surface area (Å²) in [5, 5.41) is 0.172. The fourth-order valence-electron chi connectivity index (χ4n) is 0.734. The second-order valence-corrected chi connectivity index (χ2v) is 2.77. The van der Waals surface area contributed by atoms with Gasteiger partial charge in [-0.3, -0.25) is 0 Å². The number of esters is 1. The summed E-state index contributed by atoms with van der Waals surface area (Å²) in [7, 11) is 1.26. The Morgan fingerprint density at radius 3 is 2.85 bits per heavy atom. The van der Waals surface area contributed by atoms with Crippen LogP contribution in [0.2, 0.25) is 5.15 Å². The van der Waals surface area contributed by atoms with Crippen LogP contribution in [0.15, 0.2) is 6.07 Å². The lowest BCUT2D eigenvalue weighted by molar-refractivity contribution is 0.0593. The second-order valence-electron chi connectivity index (χ2n) is 2.12. The third-order valence-corrected chi connectivity index (χ3v) is 1.69. The molecule has 70 valence electrons. The zero-order valence-electron chi connectivity index (χ0n) is 6.75. The highest BCUT2D eigenvalue weighted by molar-refractivity contribution is 6.29. The molecule has 6 heteroatoms. The molecule has 0 N–H and O–H groups in total. The van der Waals surface area contributed by atoms with E-state index in [-0.39, 0.29) is 16.7 Å². The average Bonchev–Trinajstić information content (AvgIpc) is 2.15. The van der Waals surface area contributed by atoms with E-state index in [0.29, 0.717) is 5.82 Å². The van der Waals surface area contributed by atoms with Crippen LogP contribution in [-0.4, -0.2) is 23.0 Å². The first-order valence-electron chi connectivity index (χ1n) is 3.35. The van der Waals surface area contributed by atoms with Crippen LogP contribution in [0.3, 0.4) is 0 Å². The molecule has 0 aliphatic carbocycles. The largest absolute Gasteiger partial charge is 0.464 e. The Hall–Kier alpha value is -0.870. The number of rotatable bonds is 2. The molecule has 1 heterocycles. The van der Waals surface area contributed by atoms with E-state index < -0.39 is 5.97 Å². The fraction of sp³-hybridized carbons (Fsp3) is 0.286. The molecular formula is C7H6Cl2N2O2. The molecule has 0 fully saturated rings. The number of carbonyl (C=O) groups excluding carboxylic acids is 1. The molecule has 0 unspecified atom stereocenters. The van der Waals surface area contributed by atoms with Crippen molar-refractivity contribution in [1.29, 1.82) is 0 Å². The van der Waals surface area contributed by atoms with Crippen LogP contribution in [0.5, 0.6) is 0 Å². The lowest BCUT2D eigenvalue weighted by Crippen LogP contribution is -2.07. The predicted octanol–water partition coefficient (Wildman–Crippen LogP) is 1.66. The quantitative estimate of drug-likeness (QED) is 0.433. The smallest absolute Gasteiger partial charge is 0.356 e. The van der Waals surface area contributed by atoms with E-state index in [2.05, 4.69) is 14.7 Å². The van der Waals surface area contributed by atoms with Gasteiger partial charge in [0.2, 0.25) is 0 Å². The van der Waals surface area contributed by atoms with Crippen LogP contribution < -0.4 is 0 Å². The molecule has 1 aromatic heterocycles. The fourth-order valence-corrected chi connectivity index (χ4v) is 1.05. The number of ether oxygens (including phenoxy) is 1. The Morgan fingerprint density at radius 2 is 2.31 bits per heavy atom. The van der Waals surface area contributed by atoms with Gasteiger partial charge in [-0.2, -0.15) is 0 Å². The standard InChI is InChI=1S/C7H6Cl2N2O2/c1-13-7(12)4-2-5(9)11-6(3-8)10-4/h2H,3H2,1H3. The SMILES string of the molecule is COC(=O)c1cc(Cl)nc(CCl)n1. The summed E-state index contributed by atoms with van der Waals surface area (Å²) < 4.78 is 4.46. The first-order chi connectivity index (χ1) is 6.17. The Kier molecular flexibility index (Phi) is 3.45. The molecule has 0 amide bonds. The topological polar surface area (TPSA) is 52.1 Å². The number of carbonyl (C=O) groups is 1. The van der Waals surface area contributed by atoms with Gasteiger partial charge in [0, 0.05) is 6.07 Å². The van der Waals surface area contributed by atoms with Crippen molar-refractivity contribution in [2.45, 2.75) is 5.88 Å². The third kappa shape index (κ3) is 2.54. The lowest BCUT2D eigenvalue weighted by atomic mass is 10.4. The monoisotopic (exact) mass is 220 g/mol. The number of aromatic nitrogens is 2. The van der Waals surface area contributed by atoms with Crippen molar-refractivity contribution in [2.75, 3.05) is 7.11 Å². The minimum atomic E-state index is -0.560. The second kappa shape index (κ2) is 4.39. The van der Waals surface area contributed by atoms with E-state index in [9.17, 15) is 4.79 Å². The Bertz CT molecular complexity index is 330. The number of halogens is 2. The van der Waals surface area contributed by atoms with Gasteiger partial charge in [-0.05, 0) is 0 Å². The van der Waals surface area contributed by atoms with Crippen molar-refractivity contribution >= 4 is 29.2 Å². The molecule has 13 heavy (non-hydrogen) atoms. The van der Waals surface area contributed by atoms with E-state index in [4.69, 9.17) is 23.2 Å². The molecule has 0 aliphatic rings. The average molecular weight is 221 g/mol. The van der Waals surface area contributed by atoms with Gasteiger partial charge in [-0.15, -0.1) is 11.6 Å². The van der Waals surface area contributed by atoms with Crippen LogP contribution in [0, 0.1) is 0 Å². The molecule has 0 atom stereocenters. The van der Waals surface area contributed by atoms with Crippen molar-refractivity contribution < 1.29 is 9.53 Å². The molecule has 0 radical (unpaired) electrons. The Morgan fingerprint density at radius 1 is 1.62 bits per heavy atom. The molecular weight excluding hydrogens is 215 g/mol. The highest BCUT2D eigenvalue weighted by Crippen LogP contribution is 2.09. The van der Waals surface area contributed by atoms with Gasteiger partial charge in [0.05, 0.1) is 13.0 Å². The number of nitrogens with zero attached hydrogens (tertiary/aromatic N) is 2. The molecule has 0 spiro atoms. The summed E-state index contributed by atoms with van der Waals surface area (Å²) in [6.07, 6.45) is 0. The van der Waals surface area contributed by atoms with Gasteiger partial charge in [-0.1, -0.05) is 11.6 Å². The van der Waals surface area contributed by atoms with Gasteiger partial charge in [0.25, 0.3) is 0 Å². The summed E-state index contributed by atoms with van der Waals surface area (Å²) in [5.74, 6) is -0.157. The van der Waals surface area contributed by atoms with Crippen LogP contribution in [-0.2, 0) is 10.6 Å². The van der Waals surface area contributed by atoms with Crippen LogP contribution >= 0.6 is 23.2 Å². The van der Waals surface area contributed by atoms with Crippen molar-refractivity contribution in [3.8, 4) is 0 Å². The number of hydrogen-bond acceptors (Lipinski definition) is 4. The maximum Gasteiger partial charge on any atom is 0.356 e. The normalized spacial score (nSPS) is 9.77. The van der Waals surface area contributed by atoms with E-state index >= 15 is 0 Å². The van der Waals surface area contributed by atoms with Crippen molar-refractivity contribution in [2.24, 2.45) is 0 Å². The van der Waals surface area contributed by atoms with E-state index in [1.807, 2.05) is 0 Å². The van der Waals surface area contributed by atoms with Crippen molar-refractivity contribution in [3.05, 3.63) is 22.7 Å². The van der Waals surface area contributed by atoms with E-state index in [1.165, 1.54) is 13.2 Å². The van der Waals surface area contributed by atoms with E-state index in [0.717, 1.165) is 0 Å². The molecule has 0 bridgehead atoms. The third-order valence-electron chi connectivity index (χ3n) is 1.26. The van der Waals surface area contributed by atoms with Gasteiger partial charge in [-0.25, -0.2) is 14.8 Å². The summed E-state index contributed by atoms with van der Waals surface area (Å²) in [4.78, 5) is 18.6. The molecule has 1 rings (SSSR count). The Balaban J connectivity index is 3.08.